The highest BCUT2D eigenvalue weighted by atomic mass is 79.9. The van der Waals surface area contributed by atoms with Crippen molar-refractivity contribution in [1.29, 1.82) is 0 Å². The number of carbonyl (C=O) groups is 3. The number of hydrogen-bond donors (Lipinski definition) is 1. The van der Waals surface area contributed by atoms with Crippen LogP contribution in [0.2, 0.25) is 0 Å². The first-order valence-corrected chi connectivity index (χ1v) is 9.09. The van der Waals surface area contributed by atoms with Crippen LogP contribution in [0.5, 0.6) is 0 Å². The van der Waals surface area contributed by atoms with E-state index in [9.17, 15) is 14.4 Å². The van der Waals surface area contributed by atoms with Crippen molar-refractivity contribution >= 4 is 49.6 Å². The van der Waals surface area contributed by atoms with Crippen molar-refractivity contribution in [3.05, 3.63) is 68.6 Å². The van der Waals surface area contributed by atoms with Gasteiger partial charge in [0, 0.05) is 20.1 Å². The van der Waals surface area contributed by atoms with Gasteiger partial charge in [-0.1, -0.05) is 62.2 Å². The summed E-state index contributed by atoms with van der Waals surface area (Å²) in [7, 11) is 0. The molecule has 5 nitrogen and oxygen atoms in total. The molecule has 1 aliphatic rings. The van der Waals surface area contributed by atoms with Gasteiger partial charge < -0.3 is 5.32 Å². The minimum atomic E-state index is -1.21. The summed E-state index contributed by atoms with van der Waals surface area (Å²) in [6, 6.07) is 13.4. The van der Waals surface area contributed by atoms with E-state index in [-0.39, 0.29) is 12.3 Å². The van der Waals surface area contributed by atoms with E-state index in [1.807, 2.05) is 6.07 Å². The molecule has 25 heavy (non-hydrogen) atoms. The zero-order chi connectivity index (χ0) is 18.2. The van der Waals surface area contributed by atoms with Gasteiger partial charge in [-0.15, -0.1) is 0 Å². The van der Waals surface area contributed by atoms with Gasteiger partial charge in [0.1, 0.15) is 5.54 Å². The van der Waals surface area contributed by atoms with Crippen LogP contribution in [0.15, 0.2) is 57.5 Å². The number of nitrogens with zero attached hydrogens (tertiary/aromatic N) is 1. The summed E-state index contributed by atoms with van der Waals surface area (Å²) in [5.41, 5.74) is -0.123. The number of nitrogens with one attached hydrogen (secondary N) is 1. The third kappa shape index (κ3) is 3.26. The second kappa shape index (κ2) is 6.72. The van der Waals surface area contributed by atoms with Gasteiger partial charge in [-0.05, 0) is 25.1 Å². The number of rotatable bonds is 4. The molecule has 1 atom stereocenters. The molecule has 0 unspecified atom stereocenters. The third-order valence-corrected chi connectivity index (χ3v) is 5.38. The molecule has 1 aliphatic heterocycles. The molecular weight excluding hydrogens is 452 g/mol. The normalized spacial score (nSPS) is 19.9. The van der Waals surface area contributed by atoms with Crippen LogP contribution in [0, 0.1) is 0 Å². The van der Waals surface area contributed by atoms with E-state index in [2.05, 4.69) is 37.2 Å². The van der Waals surface area contributed by atoms with E-state index in [1.165, 1.54) is 0 Å². The highest BCUT2D eigenvalue weighted by Gasteiger charge is 2.50. The van der Waals surface area contributed by atoms with Crippen LogP contribution in [0.1, 0.15) is 22.8 Å². The Morgan fingerprint density at radius 3 is 2.36 bits per heavy atom. The molecule has 0 bridgehead atoms. The topological polar surface area (TPSA) is 66.5 Å². The molecule has 1 heterocycles. The highest BCUT2D eigenvalue weighted by Crippen LogP contribution is 2.33. The summed E-state index contributed by atoms with van der Waals surface area (Å²) in [6.45, 7) is 1.34. The van der Waals surface area contributed by atoms with Gasteiger partial charge in [0.05, 0.1) is 6.54 Å². The fourth-order valence-electron chi connectivity index (χ4n) is 2.76. The van der Waals surface area contributed by atoms with Crippen LogP contribution < -0.4 is 5.32 Å². The van der Waals surface area contributed by atoms with Crippen LogP contribution >= 0.6 is 31.9 Å². The monoisotopic (exact) mass is 464 g/mol. The molecule has 1 N–H and O–H groups in total. The number of amides is 3. The van der Waals surface area contributed by atoms with E-state index < -0.39 is 17.5 Å². The van der Waals surface area contributed by atoms with E-state index >= 15 is 0 Å². The quantitative estimate of drug-likeness (QED) is 0.550. The zero-order valence-corrected chi connectivity index (χ0v) is 16.4. The minimum absolute atomic E-state index is 0.299. The summed E-state index contributed by atoms with van der Waals surface area (Å²) >= 11 is 6.71. The molecule has 0 aliphatic carbocycles. The second-order valence-corrected chi connectivity index (χ2v) is 7.63. The van der Waals surface area contributed by atoms with Crippen molar-refractivity contribution in [3.63, 3.8) is 0 Å². The van der Waals surface area contributed by atoms with Gasteiger partial charge in [0.15, 0.2) is 5.78 Å². The Hall–Kier alpha value is -1.99. The Bertz CT molecular complexity index is 867. The first-order chi connectivity index (χ1) is 11.8. The molecule has 3 amide bonds. The van der Waals surface area contributed by atoms with Gasteiger partial charge in [-0.25, -0.2) is 4.79 Å². The number of imide groups is 1. The van der Waals surface area contributed by atoms with E-state index in [0.717, 1.165) is 9.37 Å². The Labute approximate surface area is 161 Å². The molecule has 128 valence electrons. The van der Waals surface area contributed by atoms with Gasteiger partial charge in [0.25, 0.3) is 5.91 Å². The first kappa shape index (κ1) is 17.8. The predicted octanol–water partition coefficient (Wildman–Crippen LogP) is 3.86. The maximum Gasteiger partial charge on any atom is 0.325 e. The van der Waals surface area contributed by atoms with E-state index in [4.69, 9.17) is 0 Å². The molecule has 2 aromatic rings. The Kier molecular flexibility index (Phi) is 4.79. The van der Waals surface area contributed by atoms with Crippen molar-refractivity contribution in [2.24, 2.45) is 0 Å². The Morgan fingerprint density at radius 1 is 1.08 bits per heavy atom. The lowest BCUT2D eigenvalue weighted by atomic mass is 9.92. The van der Waals surface area contributed by atoms with Crippen LogP contribution in [-0.4, -0.2) is 29.2 Å². The largest absolute Gasteiger partial charge is 0.325 e. The smallest absolute Gasteiger partial charge is 0.319 e. The lowest BCUT2D eigenvalue weighted by Gasteiger charge is -2.23. The molecule has 0 aromatic heterocycles. The van der Waals surface area contributed by atoms with Crippen molar-refractivity contribution < 1.29 is 14.4 Å². The number of carbonyl (C=O) groups excluding carboxylic acids is 3. The average molecular weight is 466 g/mol. The fourth-order valence-corrected chi connectivity index (χ4v) is 3.71. The van der Waals surface area contributed by atoms with Crippen LogP contribution in [-0.2, 0) is 10.3 Å². The Morgan fingerprint density at radius 2 is 1.72 bits per heavy atom. The molecule has 1 saturated heterocycles. The molecule has 2 aromatic carbocycles. The number of urea groups is 1. The molecule has 1 fully saturated rings. The van der Waals surface area contributed by atoms with Crippen molar-refractivity contribution in [2.75, 3.05) is 6.54 Å². The number of hydrogen-bond acceptors (Lipinski definition) is 3. The standard InChI is InChI=1S/C18H14Br2N2O3/c1-18(13-4-2-3-5-14(13)20)16(24)22(17(25)21-18)10-15(23)11-6-8-12(19)9-7-11/h2-9H,10H2,1H3,(H,21,25)/t18-/m1/s1. The number of Topliss-reactive ketones (excluding diaryl/α,β-unsaturated/α-hetero) is 1. The Balaban J connectivity index is 1.85. The number of ketones is 1. The van der Waals surface area contributed by atoms with E-state index in [1.54, 1.807) is 49.4 Å². The fraction of sp³-hybridized carbons (Fsp3) is 0.167. The van der Waals surface area contributed by atoms with Crippen LogP contribution in [0.3, 0.4) is 0 Å². The SMILES string of the molecule is C[C@]1(c2ccccc2Br)NC(=O)N(CC(=O)c2ccc(Br)cc2)C1=O. The van der Waals surface area contributed by atoms with Crippen molar-refractivity contribution in [3.8, 4) is 0 Å². The molecular formula is C18H14Br2N2O3. The summed E-state index contributed by atoms with van der Waals surface area (Å²) in [6.07, 6.45) is 0. The zero-order valence-electron chi connectivity index (χ0n) is 13.3. The summed E-state index contributed by atoms with van der Waals surface area (Å²) in [4.78, 5) is 38.6. The molecule has 0 radical (unpaired) electrons. The summed E-state index contributed by atoms with van der Waals surface area (Å²) in [5.74, 6) is -0.748. The molecule has 7 heteroatoms. The average Bonchev–Trinajstić information content (AvgIpc) is 2.80. The van der Waals surface area contributed by atoms with Gasteiger partial charge in [-0.3, -0.25) is 14.5 Å². The van der Waals surface area contributed by atoms with E-state index in [0.29, 0.717) is 15.6 Å². The third-order valence-electron chi connectivity index (χ3n) is 4.16. The lowest BCUT2D eigenvalue weighted by molar-refractivity contribution is -0.130. The van der Waals surface area contributed by atoms with Crippen LogP contribution in [0.4, 0.5) is 4.79 Å². The highest BCUT2D eigenvalue weighted by molar-refractivity contribution is 9.10. The van der Waals surface area contributed by atoms with Gasteiger partial charge in [-0.2, -0.15) is 0 Å². The lowest BCUT2D eigenvalue weighted by Crippen LogP contribution is -2.41. The maximum atomic E-state index is 12.9. The second-order valence-electron chi connectivity index (χ2n) is 5.86. The maximum absolute atomic E-state index is 12.9. The summed E-state index contributed by atoms with van der Waals surface area (Å²) in [5, 5.41) is 2.70. The molecule has 0 spiro atoms. The molecule has 0 saturated carbocycles. The van der Waals surface area contributed by atoms with Crippen molar-refractivity contribution in [2.45, 2.75) is 12.5 Å². The molecule has 3 rings (SSSR count). The van der Waals surface area contributed by atoms with Crippen LogP contribution in [0.25, 0.3) is 0 Å². The van der Waals surface area contributed by atoms with Gasteiger partial charge >= 0.3 is 6.03 Å². The predicted molar refractivity (Wildman–Crippen MR) is 100 cm³/mol. The number of halogens is 2. The number of benzene rings is 2. The van der Waals surface area contributed by atoms with Crippen molar-refractivity contribution in [1.82, 2.24) is 10.2 Å². The first-order valence-electron chi connectivity index (χ1n) is 7.51. The summed E-state index contributed by atoms with van der Waals surface area (Å²) < 4.78 is 1.56. The van der Waals surface area contributed by atoms with Gasteiger partial charge in [0.2, 0.25) is 0 Å². The minimum Gasteiger partial charge on any atom is -0.319 e.